The van der Waals surface area contributed by atoms with Crippen molar-refractivity contribution in [1.29, 1.82) is 0 Å². The van der Waals surface area contributed by atoms with Gasteiger partial charge in [-0.1, -0.05) is 48.5 Å². The number of carbonyl (C=O) groups excluding carboxylic acids is 2. The van der Waals surface area contributed by atoms with Crippen LogP contribution >= 0.6 is 0 Å². The normalized spacial score (nSPS) is 10.8. The number of carbonyl (C=O) groups is 2. The van der Waals surface area contributed by atoms with Gasteiger partial charge in [0.05, 0.1) is 6.54 Å². The van der Waals surface area contributed by atoms with Gasteiger partial charge >= 0.3 is 0 Å². The fourth-order valence-electron chi connectivity index (χ4n) is 2.01. The number of para-hydroxylation sites is 1. The summed E-state index contributed by atoms with van der Waals surface area (Å²) < 4.78 is 5.51. The Labute approximate surface area is 141 Å². The summed E-state index contributed by atoms with van der Waals surface area (Å²) in [4.78, 5) is 23.6. The summed E-state index contributed by atoms with van der Waals surface area (Å²) in [5.74, 6) is 0.0900. The van der Waals surface area contributed by atoms with Gasteiger partial charge in [-0.05, 0) is 23.8 Å². The molecule has 0 aliphatic heterocycles. The van der Waals surface area contributed by atoms with E-state index in [2.05, 4.69) is 10.6 Å². The summed E-state index contributed by atoms with van der Waals surface area (Å²) in [5.41, 5.74) is 1.03. The summed E-state index contributed by atoms with van der Waals surface area (Å²) in [7, 11) is 0. The number of ether oxygens (including phenoxy) is 1. The number of rotatable bonds is 7. The third kappa shape index (κ3) is 5.96. The first-order valence-corrected chi connectivity index (χ1v) is 7.65. The summed E-state index contributed by atoms with van der Waals surface area (Å²) in [6.07, 6.45) is 1.63. The SMILES string of the molecule is CC(=O)N/C(=C/c1ccccc1)C(=O)NCCOc1ccccc1. The first-order chi connectivity index (χ1) is 11.6. The Kier molecular flexibility index (Phi) is 6.58. The van der Waals surface area contributed by atoms with E-state index < -0.39 is 0 Å². The van der Waals surface area contributed by atoms with E-state index in [-0.39, 0.29) is 17.5 Å². The van der Waals surface area contributed by atoms with Crippen LogP contribution in [-0.4, -0.2) is 25.0 Å². The van der Waals surface area contributed by atoms with Gasteiger partial charge in [-0.3, -0.25) is 9.59 Å². The van der Waals surface area contributed by atoms with Crippen LogP contribution < -0.4 is 15.4 Å². The molecule has 0 aromatic heterocycles. The van der Waals surface area contributed by atoms with Crippen molar-refractivity contribution in [3.63, 3.8) is 0 Å². The molecule has 0 aliphatic carbocycles. The molecule has 2 amide bonds. The molecule has 0 unspecified atom stereocenters. The third-order valence-electron chi connectivity index (χ3n) is 3.07. The van der Waals surface area contributed by atoms with Gasteiger partial charge < -0.3 is 15.4 Å². The van der Waals surface area contributed by atoms with Gasteiger partial charge in [0.25, 0.3) is 5.91 Å². The molecule has 0 heterocycles. The minimum Gasteiger partial charge on any atom is -0.492 e. The lowest BCUT2D eigenvalue weighted by Gasteiger charge is -2.10. The monoisotopic (exact) mass is 324 g/mol. The lowest BCUT2D eigenvalue weighted by molar-refractivity contribution is -0.122. The third-order valence-corrected chi connectivity index (χ3v) is 3.07. The highest BCUT2D eigenvalue weighted by molar-refractivity contribution is 6.00. The van der Waals surface area contributed by atoms with Crippen LogP contribution in [0.2, 0.25) is 0 Å². The van der Waals surface area contributed by atoms with Gasteiger partial charge in [-0.15, -0.1) is 0 Å². The van der Waals surface area contributed by atoms with E-state index in [1.54, 1.807) is 6.08 Å². The summed E-state index contributed by atoms with van der Waals surface area (Å²) >= 11 is 0. The van der Waals surface area contributed by atoms with Crippen LogP contribution in [0.4, 0.5) is 0 Å². The average molecular weight is 324 g/mol. The highest BCUT2D eigenvalue weighted by Gasteiger charge is 2.10. The molecule has 0 aliphatic rings. The van der Waals surface area contributed by atoms with Gasteiger partial charge in [0.15, 0.2) is 0 Å². The van der Waals surface area contributed by atoms with E-state index in [1.165, 1.54) is 6.92 Å². The smallest absolute Gasteiger partial charge is 0.267 e. The Morgan fingerprint density at radius 1 is 1.00 bits per heavy atom. The van der Waals surface area contributed by atoms with Crippen LogP contribution in [0.25, 0.3) is 6.08 Å². The van der Waals surface area contributed by atoms with Gasteiger partial charge in [-0.2, -0.15) is 0 Å². The van der Waals surface area contributed by atoms with Crippen molar-refractivity contribution in [1.82, 2.24) is 10.6 Å². The molecule has 5 heteroatoms. The Hall–Kier alpha value is -3.08. The van der Waals surface area contributed by atoms with Crippen LogP contribution in [0.3, 0.4) is 0 Å². The number of benzene rings is 2. The van der Waals surface area contributed by atoms with Crippen molar-refractivity contribution in [3.05, 3.63) is 71.9 Å². The predicted molar refractivity (Wildman–Crippen MR) is 93.2 cm³/mol. The van der Waals surface area contributed by atoms with E-state index in [9.17, 15) is 9.59 Å². The minimum absolute atomic E-state index is 0.202. The first-order valence-electron chi connectivity index (χ1n) is 7.65. The second kappa shape index (κ2) is 9.15. The van der Waals surface area contributed by atoms with Gasteiger partial charge in [0.1, 0.15) is 18.1 Å². The average Bonchev–Trinajstić information content (AvgIpc) is 2.59. The highest BCUT2D eigenvalue weighted by Crippen LogP contribution is 2.08. The van der Waals surface area contributed by atoms with Crippen molar-refractivity contribution in [2.45, 2.75) is 6.92 Å². The van der Waals surface area contributed by atoms with E-state index in [0.29, 0.717) is 13.2 Å². The molecule has 5 nitrogen and oxygen atoms in total. The van der Waals surface area contributed by atoms with E-state index in [1.807, 2.05) is 60.7 Å². The van der Waals surface area contributed by atoms with E-state index in [0.717, 1.165) is 11.3 Å². The molecule has 0 radical (unpaired) electrons. The molecule has 0 saturated heterocycles. The predicted octanol–water partition coefficient (Wildman–Crippen LogP) is 2.36. The number of hydrogen-bond donors (Lipinski definition) is 2. The molecular weight excluding hydrogens is 304 g/mol. The maximum Gasteiger partial charge on any atom is 0.267 e. The zero-order valence-electron chi connectivity index (χ0n) is 13.5. The van der Waals surface area contributed by atoms with Crippen molar-refractivity contribution in [2.75, 3.05) is 13.2 Å². The molecule has 0 saturated carbocycles. The summed E-state index contributed by atoms with van der Waals surface area (Å²) in [5, 5.41) is 5.29. The molecule has 2 aromatic carbocycles. The zero-order valence-corrected chi connectivity index (χ0v) is 13.5. The summed E-state index contributed by atoms with van der Waals surface area (Å²) in [6, 6.07) is 18.7. The van der Waals surface area contributed by atoms with Crippen LogP contribution in [0.5, 0.6) is 5.75 Å². The zero-order chi connectivity index (χ0) is 17.2. The lowest BCUT2D eigenvalue weighted by atomic mass is 10.2. The first kappa shape index (κ1) is 17.3. The van der Waals surface area contributed by atoms with Gasteiger partial charge in [0, 0.05) is 6.92 Å². The Morgan fingerprint density at radius 3 is 2.25 bits per heavy atom. The quantitative estimate of drug-likeness (QED) is 0.607. The molecule has 0 spiro atoms. The maximum absolute atomic E-state index is 12.2. The topological polar surface area (TPSA) is 67.4 Å². The Balaban J connectivity index is 1.90. The minimum atomic E-state index is -0.356. The van der Waals surface area contributed by atoms with E-state index >= 15 is 0 Å². The molecule has 0 fully saturated rings. The second-order valence-electron chi connectivity index (χ2n) is 5.07. The van der Waals surface area contributed by atoms with Gasteiger partial charge in [-0.25, -0.2) is 0 Å². The fourth-order valence-corrected chi connectivity index (χ4v) is 2.01. The van der Waals surface area contributed by atoms with Crippen molar-refractivity contribution < 1.29 is 14.3 Å². The molecule has 124 valence electrons. The molecule has 24 heavy (non-hydrogen) atoms. The number of hydrogen-bond acceptors (Lipinski definition) is 3. The van der Waals surface area contributed by atoms with Crippen molar-refractivity contribution in [3.8, 4) is 5.75 Å². The largest absolute Gasteiger partial charge is 0.492 e. The molecule has 2 N–H and O–H groups in total. The van der Waals surface area contributed by atoms with E-state index in [4.69, 9.17) is 4.74 Å². The molecule has 2 rings (SSSR count). The lowest BCUT2D eigenvalue weighted by Crippen LogP contribution is -2.35. The van der Waals surface area contributed by atoms with Crippen LogP contribution in [0.15, 0.2) is 66.4 Å². The molecular formula is C19H20N2O3. The highest BCUT2D eigenvalue weighted by atomic mass is 16.5. The molecule has 0 bridgehead atoms. The van der Waals surface area contributed by atoms with Crippen LogP contribution in [0, 0.1) is 0 Å². The summed E-state index contributed by atoms with van der Waals surface area (Å²) in [6.45, 7) is 2.04. The second-order valence-corrected chi connectivity index (χ2v) is 5.07. The van der Waals surface area contributed by atoms with Crippen molar-refractivity contribution >= 4 is 17.9 Å². The molecule has 2 aromatic rings. The van der Waals surface area contributed by atoms with Crippen LogP contribution in [0.1, 0.15) is 12.5 Å². The fraction of sp³-hybridized carbons (Fsp3) is 0.158. The maximum atomic E-state index is 12.2. The standard InChI is InChI=1S/C19H20N2O3/c1-15(22)21-18(14-16-8-4-2-5-9-16)19(23)20-12-13-24-17-10-6-3-7-11-17/h2-11,14H,12-13H2,1H3,(H,20,23)(H,21,22)/b18-14+. The van der Waals surface area contributed by atoms with Crippen LogP contribution in [-0.2, 0) is 9.59 Å². The van der Waals surface area contributed by atoms with Crippen molar-refractivity contribution in [2.24, 2.45) is 0 Å². The number of amides is 2. The Morgan fingerprint density at radius 2 is 1.62 bits per heavy atom. The molecule has 0 atom stereocenters. The Bertz CT molecular complexity index is 697. The number of nitrogens with one attached hydrogen (secondary N) is 2. The van der Waals surface area contributed by atoms with Gasteiger partial charge in [0.2, 0.25) is 5.91 Å².